The predicted octanol–water partition coefficient (Wildman–Crippen LogP) is 2.45. The van der Waals surface area contributed by atoms with Gasteiger partial charge in [-0.2, -0.15) is 0 Å². The number of nitrogens with zero attached hydrogens (tertiary/aromatic N) is 1. The van der Waals surface area contributed by atoms with Crippen LogP contribution in [0.1, 0.15) is 0 Å². The Morgan fingerprint density at radius 3 is 1.69 bits per heavy atom. The highest BCUT2D eigenvalue weighted by Crippen LogP contribution is 1.85. The predicted molar refractivity (Wildman–Crippen MR) is 57.9 cm³/mol. The van der Waals surface area contributed by atoms with E-state index in [0.29, 0.717) is 0 Å². The van der Waals surface area contributed by atoms with Crippen LogP contribution in [0.5, 0.6) is 0 Å². The zero-order valence-corrected chi connectivity index (χ0v) is 7.80. The van der Waals surface area contributed by atoms with Crippen molar-refractivity contribution in [2.24, 2.45) is 0 Å². The summed E-state index contributed by atoms with van der Waals surface area (Å²) in [7, 11) is 2.00. The molecule has 0 radical (unpaired) electrons. The van der Waals surface area contributed by atoms with Crippen LogP contribution >= 0.6 is 0 Å². The Morgan fingerprint density at radius 2 is 1.08 bits per heavy atom. The van der Waals surface area contributed by atoms with Crippen molar-refractivity contribution in [3.63, 3.8) is 0 Å². The topological polar surface area (TPSA) is 3.01 Å². The van der Waals surface area contributed by atoms with Gasteiger partial charge in [-0.25, -0.2) is 4.58 Å². The molecule has 0 unspecified atom stereocenters. The molecule has 1 rings (SSSR count). The van der Waals surface area contributed by atoms with Crippen LogP contribution in [0.4, 0.5) is 0 Å². The Kier molecular flexibility index (Phi) is 4.33. The fourth-order valence-corrected chi connectivity index (χ4v) is 0.870. The molecule has 0 fully saturated rings. The van der Waals surface area contributed by atoms with Gasteiger partial charge in [0.25, 0.3) is 0 Å². The molecule has 0 aromatic carbocycles. The zero-order chi connectivity index (χ0) is 9.36. The second kappa shape index (κ2) is 5.95. The highest BCUT2D eigenvalue weighted by atomic mass is 14.9. The van der Waals surface area contributed by atoms with Crippen LogP contribution in [0, 0.1) is 0 Å². The first-order valence-electron chi connectivity index (χ1n) is 4.30. The average molecular weight is 172 g/mol. The third-order valence-electron chi connectivity index (χ3n) is 1.53. The molecule has 0 aromatic rings. The van der Waals surface area contributed by atoms with E-state index >= 15 is 0 Å². The van der Waals surface area contributed by atoms with Gasteiger partial charge < -0.3 is 0 Å². The largest absolute Gasteiger partial charge is 0.208 e. The van der Waals surface area contributed by atoms with E-state index in [0.717, 1.165) is 0 Å². The van der Waals surface area contributed by atoms with E-state index in [1.807, 2.05) is 78.7 Å². The first-order valence-corrected chi connectivity index (χ1v) is 4.30. The molecule has 1 aliphatic rings. The van der Waals surface area contributed by atoms with E-state index in [4.69, 9.17) is 0 Å². The van der Waals surface area contributed by atoms with Crippen molar-refractivity contribution in [2.45, 2.75) is 0 Å². The molecule has 0 N–H and O–H groups in total. The molecule has 13 heavy (non-hydrogen) atoms. The molecule has 1 nitrogen and oxygen atoms in total. The van der Waals surface area contributed by atoms with E-state index in [9.17, 15) is 0 Å². The molecule has 0 aliphatic carbocycles. The highest BCUT2D eigenvalue weighted by Gasteiger charge is 1.81. The molecule has 0 saturated carbocycles. The summed E-state index contributed by atoms with van der Waals surface area (Å²) in [6.45, 7) is 0. The van der Waals surface area contributed by atoms with E-state index in [1.54, 1.807) is 0 Å². The monoisotopic (exact) mass is 172 g/mol. The van der Waals surface area contributed by atoms with Crippen LogP contribution in [-0.4, -0.2) is 17.8 Å². The van der Waals surface area contributed by atoms with Gasteiger partial charge in [0.1, 0.15) is 7.05 Å². The summed E-state index contributed by atoms with van der Waals surface area (Å²) in [5.74, 6) is 0. The minimum atomic E-state index is 2.00. The van der Waals surface area contributed by atoms with E-state index < -0.39 is 0 Å². The first kappa shape index (κ1) is 9.46. The lowest BCUT2D eigenvalue weighted by molar-refractivity contribution is -0.415. The molecular formula is C12H14N+. The maximum absolute atomic E-state index is 2.00. The van der Waals surface area contributed by atoms with Crippen molar-refractivity contribution in [3.05, 3.63) is 60.9 Å². The minimum absolute atomic E-state index is 2.00. The van der Waals surface area contributed by atoms with Gasteiger partial charge in [-0.3, -0.25) is 0 Å². The van der Waals surface area contributed by atoms with Crippen LogP contribution in [0.3, 0.4) is 0 Å². The zero-order valence-electron chi connectivity index (χ0n) is 7.80. The first-order chi connectivity index (χ1) is 6.39. The summed E-state index contributed by atoms with van der Waals surface area (Å²) in [5, 5.41) is 0. The lowest BCUT2D eigenvalue weighted by Crippen LogP contribution is -1.94. The molecule has 1 heterocycles. The second-order valence-electron chi connectivity index (χ2n) is 2.70. The third kappa shape index (κ3) is 4.75. The SMILES string of the molecule is C[N+]1=CC=CC=CC=CC=CC=C1. The molecule has 1 aliphatic heterocycles. The van der Waals surface area contributed by atoms with Gasteiger partial charge >= 0.3 is 0 Å². The molecule has 66 valence electrons. The maximum atomic E-state index is 2.00. The van der Waals surface area contributed by atoms with Crippen molar-refractivity contribution < 1.29 is 4.58 Å². The van der Waals surface area contributed by atoms with Crippen molar-refractivity contribution in [2.75, 3.05) is 7.05 Å². The molecule has 0 spiro atoms. The van der Waals surface area contributed by atoms with Crippen molar-refractivity contribution >= 4 is 6.21 Å². The second-order valence-corrected chi connectivity index (χ2v) is 2.70. The Morgan fingerprint density at radius 1 is 0.615 bits per heavy atom. The summed E-state index contributed by atoms with van der Waals surface area (Å²) in [6, 6.07) is 0. The lowest BCUT2D eigenvalue weighted by atomic mass is 10.3. The summed E-state index contributed by atoms with van der Waals surface area (Å²) in [4.78, 5) is 0. The average Bonchev–Trinajstić information content (AvgIpc) is 2.11. The van der Waals surface area contributed by atoms with E-state index in [-0.39, 0.29) is 0 Å². The molecule has 0 saturated heterocycles. The molecule has 0 aromatic heterocycles. The number of hydrogen-bond acceptors (Lipinski definition) is 0. The van der Waals surface area contributed by atoms with E-state index in [1.165, 1.54) is 0 Å². The van der Waals surface area contributed by atoms with Gasteiger partial charge in [0, 0.05) is 12.2 Å². The molecule has 0 atom stereocenters. The quantitative estimate of drug-likeness (QED) is 0.494. The van der Waals surface area contributed by atoms with Gasteiger partial charge in [0.15, 0.2) is 12.4 Å². The lowest BCUT2D eigenvalue weighted by Gasteiger charge is -1.82. The van der Waals surface area contributed by atoms with Crippen LogP contribution in [0.2, 0.25) is 0 Å². The maximum Gasteiger partial charge on any atom is 0.168 e. The summed E-state index contributed by atoms with van der Waals surface area (Å²) in [6.07, 6.45) is 22.0. The fraction of sp³-hybridized carbons (Fsp3) is 0.0833. The minimum Gasteiger partial charge on any atom is -0.208 e. The van der Waals surface area contributed by atoms with Gasteiger partial charge in [0.2, 0.25) is 0 Å². The van der Waals surface area contributed by atoms with Gasteiger partial charge in [-0.05, 0) is 0 Å². The Labute approximate surface area is 79.4 Å². The Bertz CT molecular complexity index is 312. The molecule has 1 heteroatoms. The fourth-order valence-electron chi connectivity index (χ4n) is 0.870. The van der Waals surface area contributed by atoms with Crippen LogP contribution in [0.25, 0.3) is 0 Å². The third-order valence-corrected chi connectivity index (χ3v) is 1.53. The number of rotatable bonds is 0. The summed E-state index contributed by atoms with van der Waals surface area (Å²) in [5.41, 5.74) is 0. The van der Waals surface area contributed by atoms with Crippen molar-refractivity contribution in [1.82, 2.24) is 0 Å². The van der Waals surface area contributed by atoms with Crippen molar-refractivity contribution in [3.8, 4) is 0 Å². The standard InChI is InChI=1S/C12H14N/c1-13-11-9-7-5-3-2-4-6-8-10-12-13/h2-12H,1H3/q+1. The molecular weight excluding hydrogens is 158 g/mol. The Hall–Kier alpha value is -1.63. The number of allylic oxidation sites excluding steroid dienone is 9. The van der Waals surface area contributed by atoms with Gasteiger partial charge in [-0.1, -0.05) is 42.5 Å². The van der Waals surface area contributed by atoms with Crippen LogP contribution in [-0.2, 0) is 0 Å². The van der Waals surface area contributed by atoms with Crippen LogP contribution in [0.15, 0.2) is 60.9 Å². The van der Waals surface area contributed by atoms with Crippen LogP contribution < -0.4 is 0 Å². The van der Waals surface area contributed by atoms with Gasteiger partial charge in [-0.15, -0.1) is 0 Å². The smallest absolute Gasteiger partial charge is 0.168 e. The summed E-state index contributed by atoms with van der Waals surface area (Å²) >= 11 is 0. The highest BCUT2D eigenvalue weighted by molar-refractivity contribution is 5.66. The van der Waals surface area contributed by atoms with E-state index in [2.05, 4.69) is 0 Å². The molecule has 0 amide bonds. The number of hydrogen-bond donors (Lipinski definition) is 0. The Balaban J connectivity index is 2.78. The van der Waals surface area contributed by atoms with Crippen molar-refractivity contribution in [1.29, 1.82) is 0 Å². The normalized spacial score (nSPS) is 16.5. The molecule has 0 bridgehead atoms. The van der Waals surface area contributed by atoms with Gasteiger partial charge in [0.05, 0.1) is 0 Å². The summed E-state index contributed by atoms with van der Waals surface area (Å²) < 4.78 is 2.00.